The average molecular weight is 307 g/mol. The zero-order chi connectivity index (χ0) is 16.7. The van der Waals surface area contributed by atoms with Crippen LogP contribution < -0.4 is 16.0 Å². The molecule has 0 heterocycles. The van der Waals surface area contributed by atoms with Gasteiger partial charge in [0.2, 0.25) is 5.91 Å². The van der Waals surface area contributed by atoms with Gasteiger partial charge in [0.25, 0.3) is 5.91 Å². The molecule has 0 aliphatic rings. The van der Waals surface area contributed by atoms with Gasteiger partial charge in [-0.3, -0.25) is 14.9 Å². The van der Waals surface area contributed by atoms with E-state index in [9.17, 15) is 19.2 Å². The number of ether oxygens (including phenoxy) is 1. The monoisotopic (exact) mass is 307 g/mol. The van der Waals surface area contributed by atoms with Crippen LogP contribution in [0.5, 0.6) is 0 Å². The molecule has 0 aromatic heterocycles. The first-order chi connectivity index (χ1) is 10.3. The molecule has 0 radical (unpaired) electrons. The van der Waals surface area contributed by atoms with Crippen molar-refractivity contribution in [1.29, 1.82) is 0 Å². The Balaban J connectivity index is 2.70. The predicted molar refractivity (Wildman–Crippen MR) is 78.2 cm³/mol. The van der Waals surface area contributed by atoms with Crippen molar-refractivity contribution in [3.8, 4) is 0 Å². The summed E-state index contributed by atoms with van der Waals surface area (Å²) in [5, 5.41) is 6.74. The predicted octanol–water partition coefficient (Wildman–Crippen LogP) is 0.646. The summed E-state index contributed by atoms with van der Waals surface area (Å²) < 4.78 is 4.96. The molecule has 0 saturated heterocycles. The lowest BCUT2D eigenvalue weighted by Gasteiger charge is -2.13. The zero-order valence-electron chi connectivity index (χ0n) is 12.4. The van der Waals surface area contributed by atoms with E-state index < -0.39 is 24.0 Å². The minimum absolute atomic E-state index is 0.172. The molecule has 1 rings (SSSR count). The molecule has 118 valence electrons. The molecule has 8 heteroatoms. The Morgan fingerprint density at radius 1 is 1.18 bits per heavy atom. The summed E-state index contributed by atoms with van der Waals surface area (Å²) in [6.07, 6.45) is -1.14. The van der Waals surface area contributed by atoms with Crippen LogP contribution in [-0.2, 0) is 14.3 Å². The topological polar surface area (TPSA) is 114 Å². The van der Waals surface area contributed by atoms with Gasteiger partial charge in [-0.2, -0.15) is 0 Å². The van der Waals surface area contributed by atoms with Gasteiger partial charge in [0.05, 0.1) is 5.56 Å². The number of hydrogen-bond donors (Lipinski definition) is 3. The van der Waals surface area contributed by atoms with Gasteiger partial charge in [0, 0.05) is 19.7 Å². The van der Waals surface area contributed by atoms with Crippen LogP contribution in [0.25, 0.3) is 0 Å². The van der Waals surface area contributed by atoms with E-state index in [0.717, 1.165) is 0 Å². The first kappa shape index (κ1) is 17.2. The number of hydrogen-bond acceptors (Lipinski definition) is 5. The van der Waals surface area contributed by atoms with Gasteiger partial charge in [-0.15, -0.1) is 0 Å². The summed E-state index contributed by atoms with van der Waals surface area (Å²) in [6, 6.07) is 5.39. The summed E-state index contributed by atoms with van der Waals surface area (Å²) in [7, 11) is 1.35. The minimum atomic E-state index is -1.14. The van der Waals surface area contributed by atoms with Crippen molar-refractivity contribution in [2.24, 2.45) is 0 Å². The van der Waals surface area contributed by atoms with E-state index in [4.69, 9.17) is 4.74 Å². The van der Waals surface area contributed by atoms with E-state index in [2.05, 4.69) is 10.6 Å². The van der Waals surface area contributed by atoms with E-state index in [-0.39, 0.29) is 11.5 Å². The van der Waals surface area contributed by atoms with Crippen molar-refractivity contribution in [2.75, 3.05) is 12.4 Å². The Bertz CT molecular complexity index is 600. The average Bonchev–Trinajstić information content (AvgIpc) is 2.46. The number of carbonyl (C=O) groups excluding carboxylic acids is 4. The lowest BCUT2D eigenvalue weighted by Crippen LogP contribution is -2.43. The Labute approximate surface area is 127 Å². The number of carbonyl (C=O) groups is 4. The highest BCUT2D eigenvalue weighted by atomic mass is 16.5. The van der Waals surface area contributed by atoms with Crippen LogP contribution >= 0.6 is 0 Å². The number of esters is 1. The quantitative estimate of drug-likeness (QED) is 0.707. The number of anilines is 1. The minimum Gasteiger partial charge on any atom is -0.449 e. The molecular weight excluding hydrogens is 290 g/mol. The molecule has 22 heavy (non-hydrogen) atoms. The fraction of sp³-hybridized carbons (Fsp3) is 0.286. The van der Waals surface area contributed by atoms with Gasteiger partial charge < -0.3 is 15.4 Å². The Hall–Kier alpha value is -2.90. The van der Waals surface area contributed by atoms with Crippen LogP contribution in [0.4, 0.5) is 10.5 Å². The van der Waals surface area contributed by atoms with Gasteiger partial charge in [-0.1, -0.05) is 6.07 Å². The summed E-state index contributed by atoms with van der Waals surface area (Å²) in [5.74, 6) is -1.76. The van der Waals surface area contributed by atoms with Crippen LogP contribution in [0.3, 0.4) is 0 Å². The third-order valence-corrected chi connectivity index (χ3v) is 2.54. The molecule has 3 N–H and O–H groups in total. The standard InChI is InChI=1S/C14H17N3O5/c1-8(12(19)17-14(21)15-3)22-13(20)10-5-4-6-11(7-10)16-9(2)18/h4-8H,1-3H3,(H,16,18)(H2,15,17,19,21)/t8-/m1/s1. The first-order valence-corrected chi connectivity index (χ1v) is 6.44. The first-order valence-electron chi connectivity index (χ1n) is 6.44. The smallest absolute Gasteiger partial charge is 0.338 e. The van der Waals surface area contributed by atoms with Crippen LogP contribution in [0.2, 0.25) is 0 Å². The molecule has 8 nitrogen and oxygen atoms in total. The maximum Gasteiger partial charge on any atom is 0.338 e. The van der Waals surface area contributed by atoms with Gasteiger partial charge >= 0.3 is 12.0 Å². The highest BCUT2D eigenvalue weighted by Crippen LogP contribution is 2.12. The SMILES string of the molecule is CNC(=O)NC(=O)[C@@H](C)OC(=O)c1cccc(NC(C)=O)c1. The van der Waals surface area contributed by atoms with E-state index >= 15 is 0 Å². The van der Waals surface area contributed by atoms with Crippen LogP contribution in [0, 0.1) is 0 Å². The van der Waals surface area contributed by atoms with Crippen molar-refractivity contribution in [2.45, 2.75) is 20.0 Å². The molecule has 0 bridgehead atoms. The second-order valence-corrected chi connectivity index (χ2v) is 4.38. The van der Waals surface area contributed by atoms with Gasteiger partial charge in [-0.05, 0) is 25.1 Å². The summed E-state index contributed by atoms with van der Waals surface area (Å²) in [6.45, 7) is 2.68. The molecule has 1 aromatic rings. The molecule has 4 amide bonds. The maximum absolute atomic E-state index is 11.9. The number of urea groups is 1. The highest BCUT2D eigenvalue weighted by molar-refractivity contribution is 5.99. The lowest BCUT2D eigenvalue weighted by atomic mass is 10.2. The van der Waals surface area contributed by atoms with Gasteiger partial charge in [0.1, 0.15) is 0 Å². The van der Waals surface area contributed by atoms with Crippen molar-refractivity contribution in [1.82, 2.24) is 10.6 Å². The molecule has 1 aromatic carbocycles. The van der Waals surface area contributed by atoms with E-state index in [1.165, 1.54) is 33.0 Å². The molecule has 0 aliphatic heterocycles. The van der Waals surface area contributed by atoms with Crippen LogP contribution in [0.15, 0.2) is 24.3 Å². The second kappa shape index (κ2) is 7.77. The Morgan fingerprint density at radius 2 is 1.86 bits per heavy atom. The van der Waals surface area contributed by atoms with Crippen molar-refractivity contribution in [3.05, 3.63) is 29.8 Å². The maximum atomic E-state index is 11.9. The summed E-state index contributed by atoms with van der Waals surface area (Å²) >= 11 is 0. The summed E-state index contributed by atoms with van der Waals surface area (Å²) in [5.41, 5.74) is 0.607. The van der Waals surface area contributed by atoms with Gasteiger partial charge in [0.15, 0.2) is 6.10 Å². The van der Waals surface area contributed by atoms with Gasteiger partial charge in [-0.25, -0.2) is 9.59 Å². The largest absolute Gasteiger partial charge is 0.449 e. The third-order valence-electron chi connectivity index (χ3n) is 2.54. The van der Waals surface area contributed by atoms with E-state index in [0.29, 0.717) is 5.69 Å². The fourth-order valence-electron chi connectivity index (χ4n) is 1.49. The van der Waals surface area contributed by atoms with E-state index in [1.54, 1.807) is 12.1 Å². The summed E-state index contributed by atoms with van der Waals surface area (Å²) in [4.78, 5) is 45.5. The molecule has 0 saturated carbocycles. The van der Waals surface area contributed by atoms with Crippen molar-refractivity contribution in [3.63, 3.8) is 0 Å². The molecule has 0 unspecified atom stereocenters. The molecule has 0 aliphatic carbocycles. The zero-order valence-corrected chi connectivity index (χ0v) is 12.4. The second-order valence-electron chi connectivity index (χ2n) is 4.38. The van der Waals surface area contributed by atoms with Crippen molar-refractivity contribution < 1.29 is 23.9 Å². The van der Waals surface area contributed by atoms with Crippen molar-refractivity contribution >= 4 is 29.5 Å². The van der Waals surface area contributed by atoms with Crippen LogP contribution in [-0.4, -0.2) is 37.0 Å². The molecule has 0 fully saturated rings. The number of benzene rings is 1. The fourth-order valence-corrected chi connectivity index (χ4v) is 1.49. The number of imide groups is 1. The molecular formula is C14H17N3O5. The Kier molecular flexibility index (Phi) is 6.06. The molecule has 1 atom stereocenters. The third kappa shape index (κ3) is 5.23. The van der Waals surface area contributed by atoms with Crippen LogP contribution in [0.1, 0.15) is 24.2 Å². The lowest BCUT2D eigenvalue weighted by molar-refractivity contribution is -0.127. The molecule has 0 spiro atoms. The van der Waals surface area contributed by atoms with E-state index in [1.807, 2.05) is 5.32 Å². The Morgan fingerprint density at radius 3 is 2.45 bits per heavy atom. The number of nitrogens with one attached hydrogen (secondary N) is 3. The number of amides is 4. The normalized spacial score (nSPS) is 11.0. The highest BCUT2D eigenvalue weighted by Gasteiger charge is 2.20. The number of rotatable bonds is 4.